The number of nitrogens with one attached hydrogen (secondary N) is 3. The second-order valence-electron chi connectivity index (χ2n) is 6.79. The van der Waals surface area contributed by atoms with Crippen molar-refractivity contribution in [3.63, 3.8) is 0 Å². The molecule has 130 valence electrons. The molecule has 0 bridgehead atoms. The van der Waals surface area contributed by atoms with Crippen LogP contribution in [0.4, 0.5) is 0 Å². The van der Waals surface area contributed by atoms with Crippen LogP contribution in [0.1, 0.15) is 72.6 Å². The molecule has 0 rings (SSSR count). The average molecular weight is 313 g/mol. The van der Waals surface area contributed by atoms with E-state index in [0.717, 1.165) is 45.2 Å². The Morgan fingerprint density at radius 3 is 1.73 bits per heavy atom. The maximum Gasteiger partial charge on any atom is 0.221 e. The average Bonchev–Trinajstić information content (AvgIpc) is 2.40. The molecule has 0 radical (unpaired) electrons. The van der Waals surface area contributed by atoms with Gasteiger partial charge in [-0.05, 0) is 40.0 Å². The largest absolute Gasteiger partial charge is 0.356 e. The van der Waals surface area contributed by atoms with Gasteiger partial charge in [0.25, 0.3) is 0 Å². The first-order valence-electron chi connectivity index (χ1n) is 8.63. The third kappa shape index (κ3) is 15.3. The van der Waals surface area contributed by atoms with Crippen LogP contribution in [0.3, 0.4) is 0 Å². The third-order valence-corrected chi connectivity index (χ3v) is 3.23. The van der Waals surface area contributed by atoms with Gasteiger partial charge in [-0.3, -0.25) is 9.59 Å². The Balaban J connectivity index is 3.32. The molecule has 22 heavy (non-hydrogen) atoms. The summed E-state index contributed by atoms with van der Waals surface area (Å²) in [7, 11) is 0. The Labute approximate surface area is 136 Å². The third-order valence-electron chi connectivity index (χ3n) is 3.23. The SMILES string of the molecule is CCCC(=O)NCCCCCCNC(=O)CCNC(C)(C)C. The van der Waals surface area contributed by atoms with E-state index in [0.29, 0.717) is 19.4 Å². The molecule has 0 heterocycles. The van der Waals surface area contributed by atoms with E-state index in [1.165, 1.54) is 0 Å². The van der Waals surface area contributed by atoms with Gasteiger partial charge < -0.3 is 16.0 Å². The van der Waals surface area contributed by atoms with E-state index in [1.807, 2.05) is 6.92 Å². The number of amides is 2. The minimum absolute atomic E-state index is 0.0623. The van der Waals surface area contributed by atoms with Crippen LogP contribution >= 0.6 is 0 Å². The zero-order chi connectivity index (χ0) is 16.8. The van der Waals surface area contributed by atoms with Gasteiger partial charge in [0, 0.05) is 38.0 Å². The molecule has 0 aliphatic carbocycles. The Bertz CT molecular complexity index is 312. The molecule has 0 saturated carbocycles. The molecule has 0 aromatic carbocycles. The molecular formula is C17H35N3O2. The van der Waals surface area contributed by atoms with Gasteiger partial charge in [0.05, 0.1) is 0 Å². The zero-order valence-electron chi connectivity index (χ0n) is 14.9. The number of carbonyl (C=O) groups is 2. The van der Waals surface area contributed by atoms with Crippen LogP contribution in [0.5, 0.6) is 0 Å². The molecular weight excluding hydrogens is 278 g/mol. The van der Waals surface area contributed by atoms with E-state index >= 15 is 0 Å². The highest BCUT2D eigenvalue weighted by molar-refractivity contribution is 5.76. The quantitative estimate of drug-likeness (QED) is 0.484. The molecule has 0 unspecified atom stereocenters. The van der Waals surface area contributed by atoms with E-state index in [2.05, 4.69) is 36.7 Å². The zero-order valence-corrected chi connectivity index (χ0v) is 14.9. The second-order valence-corrected chi connectivity index (χ2v) is 6.79. The highest BCUT2D eigenvalue weighted by Crippen LogP contribution is 1.99. The molecule has 0 aromatic rings. The summed E-state index contributed by atoms with van der Waals surface area (Å²) in [4.78, 5) is 22.8. The van der Waals surface area contributed by atoms with Crippen LogP contribution < -0.4 is 16.0 Å². The van der Waals surface area contributed by atoms with E-state index in [-0.39, 0.29) is 17.4 Å². The molecule has 2 amide bonds. The summed E-state index contributed by atoms with van der Waals surface area (Å²) in [6, 6.07) is 0. The van der Waals surface area contributed by atoms with E-state index in [4.69, 9.17) is 0 Å². The van der Waals surface area contributed by atoms with Gasteiger partial charge in [0.1, 0.15) is 0 Å². The summed E-state index contributed by atoms with van der Waals surface area (Å²) in [6.07, 6.45) is 6.24. The predicted molar refractivity (Wildman–Crippen MR) is 91.8 cm³/mol. The van der Waals surface area contributed by atoms with Gasteiger partial charge in [-0.1, -0.05) is 19.8 Å². The fourth-order valence-corrected chi connectivity index (χ4v) is 2.01. The van der Waals surface area contributed by atoms with Crippen molar-refractivity contribution in [2.45, 2.75) is 78.2 Å². The maximum absolute atomic E-state index is 11.6. The maximum atomic E-state index is 11.6. The van der Waals surface area contributed by atoms with Crippen LogP contribution in [0.2, 0.25) is 0 Å². The van der Waals surface area contributed by atoms with Crippen LogP contribution in [-0.2, 0) is 9.59 Å². The predicted octanol–water partition coefficient (Wildman–Crippen LogP) is 2.36. The highest BCUT2D eigenvalue weighted by atomic mass is 16.2. The van der Waals surface area contributed by atoms with E-state index < -0.39 is 0 Å². The molecule has 5 nitrogen and oxygen atoms in total. The smallest absolute Gasteiger partial charge is 0.221 e. The van der Waals surface area contributed by atoms with Crippen molar-refractivity contribution in [3.8, 4) is 0 Å². The lowest BCUT2D eigenvalue weighted by molar-refractivity contribution is -0.121. The minimum atomic E-state index is 0.0623. The summed E-state index contributed by atoms with van der Waals surface area (Å²) < 4.78 is 0. The van der Waals surface area contributed by atoms with Gasteiger partial charge in [-0.2, -0.15) is 0 Å². The monoisotopic (exact) mass is 313 g/mol. The molecule has 0 spiro atoms. The van der Waals surface area contributed by atoms with Crippen molar-refractivity contribution in [2.75, 3.05) is 19.6 Å². The number of hydrogen-bond acceptors (Lipinski definition) is 3. The van der Waals surface area contributed by atoms with Crippen molar-refractivity contribution in [1.29, 1.82) is 0 Å². The van der Waals surface area contributed by atoms with Gasteiger partial charge in [0.2, 0.25) is 11.8 Å². The number of rotatable bonds is 12. The van der Waals surface area contributed by atoms with Crippen molar-refractivity contribution in [1.82, 2.24) is 16.0 Å². The summed E-state index contributed by atoms with van der Waals surface area (Å²) in [5.74, 6) is 0.266. The number of unbranched alkanes of at least 4 members (excludes halogenated alkanes) is 3. The molecule has 0 fully saturated rings. The summed E-state index contributed by atoms with van der Waals surface area (Å²) in [6.45, 7) is 10.5. The fourth-order valence-electron chi connectivity index (χ4n) is 2.01. The van der Waals surface area contributed by atoms with Gasteiger partial charge in [0.15, 0.2) is 0 Å². The van der Waals surface area contributed by atoms with E-state index in [1.54, 1.807) is 0 Å². The Morgan fingerprint density at radius 1 is 0.773 bits per heavy atom. The van der Waals surface area contributed by atoms with Crippen LogP contribution in [0, 0.1) is 0 Å². The molecule has 0 aromatic heterocycles. The lowest BCUT2D eigenvalue weighted by Crippen LogP contribution is -2.38. The summed E-state index contributed by atoms with van der Waals surface area (Å²) in [5.41, 5.74) is 0.0623. The van der Waals surface area contributed by atoms with Gasteiger partial charge in [-0.15, -0.1) is 0 Å². The molecule has 0 atom stereocenters. The lowest BCUT2D eigenvalue weighted by Gasteiger charge is -2.20. The lowest BCUT2D eigenvalue weighted by atomic mass is 10.1. The molecule has 5 heteroatoms. The van der Waals surface area contributed by atoms with Crippen LogP contribution in [0.15, 0.2) is 0 Å². The van der Waals surface area contributed by atoms with Crippen LogP contribution in [0.25, 0.3) is 0 Å². The first-order chi connectivity index (χ1) is 10.3. The first-order valence-corrected chi connectivity index (χ1v) is 8.63. The van der Waals surface area contributed by atoms with Crippen molar-refractivity contribution < 1.29 is 9.59 Å². The van der Waals surface area contributed by atoms with Crippen molar-refractivity contribution >= 4 is 11.8 Å². The fraction of sp³-hybridized carbons (Fsp3) is 0.882. The summed E-state index contributed by atoms with van der Waals surface area (Å²) >= 11 is 0. The van der Waals surface area contributed by atoms with Crippen LogP contribution in [-0.4, -0.2) is 37.0 Å². The van der Waals surface area contributed by atoms with E-state index in [9.17, 15) is 9.59 Å². The van der Waals surface area contributed by atoms with Gasteiger partial charge >= 0.3 is 0 Å². The molecule has 0 aliphatic heterocycles. The van der Waals surface area contributed by atoms with Crippen molar-refractivity contribution in [3.05, 3.63) is 0 Å². The standard InChI is InChI=1S/C17H35N3O2/c1-5-10-15(21)18-12-8-6-7-9-13-19-16(22)11-14-20-17(2,3)4/h20H,5-14H2,1-4H3,(H,18,21)(H,19,22). The molecule has 0 saturated heterocycles. The first kappa shape index (κ1) is 20.9. The topological polar surface area (TPSA) is 70.2 Å². The normalized spacial score (nSPS) is 11.3. The molecule has 0 aliphatic rings. The minimum Gasteiger partial charge on any atom is -0.356 e. The van der Waals surface area contributed by atoms with Crippen molar-refractivity contribution in [2.24, 2.45) is 0 Å². The Morgan fingerprint density at radius 2 is 1.27 bits per heavy atom. The summed E-state index contributed by atoms with van der Waals surface area (Å²) in [5, 5.41) is 9.16. The second kappa shape index (κ2) is 12.4. The Hall–Kier alpha value is -1.10. The molecule has 3 N–H and O–H groups in total. The number of hydrogen-bond donors (Lipinski definition) is 3. The highest BCUT2D eigenvalue weighted by Gasteiger charge is 2.09. The van der Waals surface area contributed by atoms with Gasteiger partial charge in [-0.25, -0.2) is 0 Å². The number of carbonyl (C=O) groups excluding carboxylic acids is 2. The Kier molecular flexibility index (Phi) is 11.8.